The standard InChI is InChI=1S/C25H21N3O3/c29-24(30)14-23-21-10-9-17(15-27-12-4-11-26-27)13-22(21)25(31)28(23)16-19-7-3-6-18-5-1-2-8-20(18)19/h1-13,23H,14-16H2,(H,29,30). The summed E-state index contributed by atoms with van der Waals surface area (Å²) >= 11 is 0. The minimum Gasteiger partial charge on any atom is -0.481 e. The van der Waals surface area contributed by atoms with Gasteiger partial charge in [-0.2, -0.15) is 5.10 Å². The van der Waals surface area contributed by atoms with Gasteiger partial charge in [-0.3, -0.25) is 14.3 Å². The van der Waals surface area contributed by atoms with E-state index >= 15 is 0 Å². The van der Waals surface area contributed by atoms with Gasteiger partial charge in [0.05, 0.1) is 19.0 Å². The zero-order valence-electron chi connectivity index (χ0n) is 16.8. The van der Waals surface area contributed by atoms with Crippen molar-refractivity contribution in [1.29, 1.82) is 0 Å². The average Bonchev–Trinajstić information content (AvgIpc) is 3.36. The van der Waals surface area contributed by atoms with Crippen LogP contribution in [0.5, 0.6) is 0 Å². The third kappa shape index (κ3) is 3.57. The van der Waals surface area contributed by atoms with Crippen LogP contribution in [-0.4, -0.2) is 31.7 Å². The maximum absolute atomic E-state index is 13.4. The fourth-order valence-electron chi connectivity index (χ4n) is 4.40. The van der Waals surface area contributed by atoms with Gasteiger partial charge in [-0.25, -0.2) is 0 Å². The first-order valence-corrected chi connectivity index (χ1v) is 10.2. The highest BCUT2D eigenvalue weighted by atomic mass is 16.4. The molecule has 0 bridgehead atoms. The third-order valence-electron chi connectivity index (χ3n) is 5.84. The second-order valence-corrected chi connectivity index (χ2v) is 7.81. The zero-order chi connectivity index (χ0) is 21.4. The molecule has 31 heavy (non-hydrogen) atoms. The van der Waals surface area contributed by atoms with Crippen molar-refractivity contribution >= 4 is 22.6 Å². The number of carboxylic acids is 1. The number of rotatable bonds is 6. The summed E-state index contributed by atoms with van der Waals surface area (Å²) in [6, 6.07) is 21.1. The van der Waals surface area contributed by atoms with E-state index in [1.807, 2.05) is 72.9 Å². The Morgan fingerprint density at radius 1 is 1.00 bits per heavy atom. The highest BCUT2D eigenvalue weighted by Gasteiger charge is 2.38. The van der Waals surface area contributed by atoms with Crippen molar-refractivity contribution in [1.82, 2.24) is 14.7 Å². The van der Waals surface area contributed by atoms with E-state index in [9.17, 15) is 14.7 Å². The van der Waals surface area contributed by atoms with Crippen LogP contribution in [0, 0.1) is 0 Å². The van der Waals surface area contributed by atoms with Crippen LogP contribution in [0.3, 0.4) is 0 Å². The molecule has 5 rings (SSSR count). The van der Waals surface area contributed by atoms with Crippen LogP contribution in [0.15, 0.2) is 79.1 Å². The van der Waals surface area contributed by atoms with Gasteiger partial charge in [-0.15, -0.1) is 0 Å². The molecule has 1 unspecified atom stereocenters. The van der Waals surface area contributed by atoms with E-state index in [4.69, 9.17) is 0 Å². The number of hydrogen-bond acceptors (Lipinski definition) is 3. The number of amides is 1. The lowest BCUT2D eigenvalue weighted by Crippen LogP contribution is -2.29. The van der Waals surface area contributed by atoms with Crippen molar-refractivity contribution < 1.29 is 14.7 Å². The summed E-state index contributed by atoms with van der Waals surface area (Å²) in [6.07, 6.45) is 3.46. The first-order chi connectivity index (χ1) is 15.1. The summed E-state index contributed by atoms with van der Waals surface area (Å²) in [5.41, 5.74) is 3.32. The van der Waals surface area contributed by atoms with E-state index < -0.39 is 12.0 Å². The molecule has 6 heteroatoms. The minimum absolute atomic E-state index is 0.123. The minimum atomic E-state index is -0.922. The van der Waals surface area contributed by atoms with Crippen LogP contribution in [-0.2, 0) is 17.9 Å². The number of carbonyl (C=O) groups excluding carboxylic acids is 1. The molecule has 1 aliphatic heterocycles. The first kappa shape index (κ1) is 19.1. The number of carboxylic acid groups (broad SMARTS) is 1. The van der Waals surface area contributed by atoms with E-state index in [1.54, 1.807) is 15.8 Å². The van der Waals surface area contributed by atoms with E-state index in [0.717, 1.165) is 27.5 Å². The average molecular weight is 411 g/mol. The van der Waals surface area contributed by atoms with Crippen LogP contribution in [0.1, 0.15) is 39.5 Å². The molecule has 4 aromatic rings. The topological polar surface area (TPSA) is 75.4 Å². The summed E-state index contributed by atoms with van der Waals surface area (Å²) in [5, 5.41) is 15.9. The van der Waals surface area contributed by atoms with Crippen LogP contribution < -0.4 is 0 Å². The molecule has 0 saturated heterocycles. The molecule has 1 aromatic heterocycles. The maximum Gasteiger partial charge on any atom is 0.305 e. The molecule has 0 fully saturated rings. The predicted molar refractivity (Wildman–Crippen MR) is 117 cm³/mol. The van der Waals surface area contributed by atoms with Crippen molar-refractivity contribution in [2.75, 3.05) is 0 Å². The second kappa shape index (κ2) is 7.72. The molecule has 6 nitrogen and oxygen atoms in total. The van der Waals surface area contributed by atoms with Crippen LogP contribution in [0.2, 0.25) is 0 Å². The molecule has 0 radical (unpaired) electrons. The van der Waals surface area contributed by atoms with Crippen molar-refractivity contribution in [2.45, 2.75) is 25.6 Å². The number of aliphatic carboxylic acids is 1. The van der Waals surface area contributed by atoms with Gasteiger partial charge in [0.1, 0.15) is 0 Å². The van der Waals surface area contributed by atoms with E-state index in [0.29, 0.717) is 18.7 Å². The molecular formula is C25H21N3O3. The lowest BCUT2D eigenvalue weighted by Gasteiger charge is -2.25. The fourth-order valence-corrected chi connectivity index (χ4v) is 4.40. The number of nitrogens with zero attached hydrogens (tertiary/aromatic N) is 3. The van der Waals surface area contributed by atoms with Gasteiger partial charge in [-0.05, 0) is 39.6 Å². The van der Waals surface area contributed by atoms with Crippen LogP contribution in [0.25, 0.3) is 10.8 Å². The monoisotopic (exact) mass is 411 g/mol. The summed E-state index contributed by atoms with van der Waals surface area (Å²) < 4.78 is 1.80. The van der Waals surface area contributed by atoms with Crippen LogP contribution >= 0.6 is 0 Å². The molecule has 154 valence electrons. The Kier molecular flexibility index (Phi) is 4.75. The molecule has 0 saturated carbocycles. The van der Waals surface area contributed by atoms with Gasteiger partial charge >= 0.3 is 5.97 Å². The number of aromatic nitrogens is 2. The highest BCUT2D eigenvalue weighted by Crippen LogP contribution is 2.38. The Morgan fingerprint density at radius 3 is 2.65 bits per heavy atom. The van der Waals surface area contributed by atoms with Gasteiger partial charge in [0.25, 0.3) is 5.91 Å². The molecule has 0 aliphatic carbocycles. The van der Waals surface area contributed by atoms with Gasteiger partial charge < -0.3 is 10.0 Å². The highest BCUT2D eigenvalue weighted by molar-refractivity contribution is 6.00. The van der Waals surface area contributed by atoms with Gasteiger partial charge in [0, 0.05) is 24.5 Å². The Balaban J connectivity index is 1.51. The van der Waals surface area contributed by atoms with Gasteiger partial charge in [0.2, 0.25) is 0 Å². The van der Waals surface area contributed by atoms with Gasteiger partial charge in [-0.1, -0.05) is 54.6 Å². The molecule has 1 aliphatic rings. The lowest BCUT2D eigenvalue weighted by atomic mass is 9.99. The van der Waals surface area contributed by atoms with Crippen LogP contribution in [0.4, 0.5) is 0 Å². The molecule has 1 N–H and O–H groups in total. The van der Waals surface area contributed by atoms with E-state index in [-0.39, 0.29) is 12.3 Å². The normalized spacial score (nSPS) is 15.4. The number of benzene rings is 3. The Morgan fingerprint density at radius 2 is 1.84 bits per heavy atom. The summed E-state index contributed by atoms with van der Waals surface area (Å²) in [7, 11) is 0. The van der Waals surface area contributed by atoms with Crippen molar-refractivity contribution in [3.05, 3.63) is 101 Å². The summed E-state index contributed by atoms with van der Waals surface area (Å²) in [5.74, 6) is -1.05. The van der Waals surface area contributed by atoms with Crippen molar-refractivity contribution in [3.63, 3.8) is 0 Å². The number of fused-ring (bicyclic) bond motifs is 2. The van der Waals surface area contributed by atoms with Crippen molar-refractivity contribution in [2.24, 2.45) is 0 Å². The first-order valence-electron chi connectivity index (χ1n) is 10.2. The van der Waals surface area contributed by atoms with E-state index in [1.165, 1.54) is 0 Å². The third-order valence-corrected chi connectivity index (χ3v) is 5.84. The maximum atomic E-state index is 13.4. The number of hydrogen-bond donors (Lipinski definition) is 1. The predicted octanol–water partition coefficient (Wildman–Crippen LogP) is 4.26. The molecule has 0 spiro atoms. The van der Waals surface area contributed by atoms with Crippen molar-refractivity contribution in [3.8, 4) is 0 Å². The second-order valence-electron chi connectivity index (χ2n) is 7.81. The largest absolute Gasteiger partial charge is 0.481 e. The molecule has 1 atom stereocenters. The molecule has 1 amide bonds. The van der Waals surface area contributed by atoms with E-state index in [2.05, 4.69) is 5.10 Å². The quantitative estimate of drug-likeness (QED) is 0.515. The van der Waals surface area contributed by atoms with Gasteiger partial charge in [0.15, 0.2) is 0 Å². The summed E-state index contributed by atoms with van der Waals surface area (Å²) in [4.78, 5) is 26.7. The molecule has 3 aromatic carbocycles. The molecular weight excluding hydrogens is 390 g/mol. The fraction of sp³-hybridized carbons (Fsp3) is 0.160. The lowest BCUT2D eigenvalue weighted by molar-refractivity contribution is -0.138. The smallest absolute Gasteiger partial charge is 0.305 e. The summed E-state index contributed by atoms with van der Waals surface area (Å²) in [6.45, 7) is 0.918. The molecule has 2 heterocycles. The zero-order valence-corrected chi connectivity index (χ0v) is 16.8. The Hall–Kier alpha value is -3.93. The Labute approximate surface area is 179 Å². The Bertz CT molecular complexity index is 1280. The SMILES string of the molecule is O=C(O)CC1c2ccc(Cn3cccn3)cc2C(=O)N1Cc1cccc2ccccc12. The number of carbonyl (C=O) groups is 2.